The Labute approximate surface area is 192 Å². The second-order valence-electron chi connectivity index (χ2n) is 8.50. The molecule has 1 atom stereocenters. The van der Waals surface area contributed by atoms with E-state index >= 15 is 0 Å². The first-order valence-corrected chi connectivity index (χ1v) is 11.4. The number of aromatic nitrogens is 3. The molecule has 3 heterocycles. The summed E-state index contributed by atoms with van der Waals surface area (Å²) in [5.41, 5.74) is 4.76. The van der Waals surface area contributed by atoms with Crippen molar-refractivity contribution in [2.45, 2.75) is 46.5 Å². The number of carbonyl (C=O) groups is 2. The Hall–Kier alpha value is -3.29. The molecule has 1 aromatic carbocycles. The average Bonchev–Trinajstić information content (AvgIpc) is 3.23. The first-order valence-electron chi connectivity index (χ1n) is 11.4. The van der Waals surface area contributed by atoms with Crippen molar-refractivity contribution in [3.05, 3.63) is 53.1 Å². The molecule has 7 nitrogen and oxygen atoms in total. The highest BCUT2D eigenvalue weighted by atomic mass is 19.1. The molecular weight excluding hydrogens is 423 g/mol. The molecule has 2 aromatic heterocycles. The van der Waals surface area contributed by atoms with Crippen molar-refractivity contribution in [1.82, 2.24) is 19.5 Å². The van der Waals surface area contributed by atoms with Crippen LogP contribution in [0.4, 0.5) is 4.39 Å². The number of aryl methyl sites for hydroxylation is 2. The van der Waals surface area contributed by atoms with Crippen molar-refractivity contribution in [3.8, 4) is 11.3 Å². The smallest absolute Gasteiger partial charge is 0.310 e. The van der Waals surface area contributed by atoms with E-state index in [0.29, 0.717) is 49.4 Å². The highest BCUT2D eigenvalue weighted by molar-refractivity contribution is 5.79. The van der Waals surface area contributed by atoms with Crippen molar-refractivity contribution in [1.29, 1.82) is 0 Å². The van der Waals surface area contributed by atoms with E-state index in [2.05, 4.69) is 10.1 Å². The summed E-state index contributed by atoms with van der Waals surface area (Å²) in [6.07, 6.45) is 2.43. The number of likely N-dealkylation sites (tertiary alicyclic amines) is 1. The molecule has 0 bridgehead atoms. The number of benzene rings is 1. The predicted octanol–water partition coefficient (Wildman–Crippen LogP) is 3.89. The van der Waals surface area contributed by atoms with Crippen LogP contribution in [0.3, 0.4) is 0 Å². The maximum atomic E-state index is 13.6. The number of ether oxygens (including phenoxy) is 1. The van der Waals surface area contributed by atoms with Crippen LogP contribution < -0.4 is 0 Å². The van der Waals surface area contributed by atoms with Crippen LogP contribution in [-0.2, 0) is 20.7 Å². The number of piperidine rings is 1. The molecule has 1 fully saturated rings. The second-order valence-corrected chi connectivity index (χ2v) is 8.50. The van der Waals surface area contributed by atoms with E-state index in [-0.39, 0.29) is 23.6 Å². The third kappa shape index (κ3) is 4.89. The monoisotopic (exact) mass is 452 g/mol. The quantitative estimate of drug-likeness (QED) is 0.531. The molecule has 3 aromatic rings. The van der Waals surface area contributed by atoms with E-state index in [1.807, 2.05) is 26.0 Å². The molecule has 33 heavy (non-hydrogen) atoms. The third-order valence-corrected chi connectivity index (χ3v) is 6.27. The minimum Gasteiger partial charge on any atom is -0.466 e. The molecule has 0 radical (unpaired) electrons. The van der Waals surface area contributed by atoms with E-state index in [4.69, 9.17) is 4.74 Å². The van der Waals surface area contributed by atoms with Crippen LogP contribution in [0.5, 0.6) is 0 Å². The molecule has 1 amide bonds. The zero-order valence-electron chi connectivity index (χ0n) is 19.3. The zero-order chi connectivity index (χ0) is 23.5. The van der Waals surface area contributed by atoms with Crippen molar-refractivity contribution >= 4 is 17.5 Å². The standard InChI is InChI=1S/C25H29FN4O3/c1-4-33-25(32)19-8-6-12-29(15-19)24(31)11-10-21-16(2)27-23-14-22(28-30(23)17(21)3)18-7-5-9-20(26)13-18/h5,7,9,13-14,19H,4,6,8,10-12,15H2,1-3H3. The molecule has 0 N–H and O–H groups in total. The van der Waals surface area contributed by atoms with Gasteiger partial charge < -0.3 is 9.64 Å². The number of hydrogen-bond acceptors (Lipinski definition) is 5. The summed E-state index contributed by atoms with van der Waals surface area (Å²) in [6, 6.07) is 8.16. The predicted molar refractivity (Wildman–Crippen MR) is 122 cm³/mol. The summed E-state index contributed by atoms with van der Waals surface area (Å²) < 4.78 is 20.5. The highest BCUT2D eigenvalue weighted by Crippen LogP contribution is 2.24. The molecular formula is C25H29FN4O3. The molecule has 4 rings (SSSR count). The highest BCUT2D eigenvalue weighted by Gasteiger charge is 2.29. The SMILES string of the molecule is CCOC(=O)C1CCCN(C(=O)CCc2c(C)nc3cc(-c4cccc(F)c4)nn3c2C)C1. The Bertz CT molecular complexity index is 1190. The summed E-state index contributed by atoms with van der Waals surface area (Å²) in [5.74, 6) is -0.741. The molecule has 0 saturated carbocycles. The maximum Gasteiger partial charge on any atom is 0.310 e. The average molecular weight is 453 g/mol. The van der Waals surface area contributed by atoms with Crippen molar-refractivity contribution < 1.29 is 18.7 Å². The maximum absolute atomic E-state index is 13.6. The molecule has 1 aliphatic heterocycles. The Morgan fingerprint density at radius 1 is 1.24 bits per heavy atom. The molecule has 0 spiro atoms. The Morgan fingerprint density at radius 3 is 2.82 bits per heavy atom. The van der Waals surface area contributed by atoms with E-state index in [1.165, 1.54) is 12.1 Å². The van der Waals surface area contributed by atoms with Crippen LogP contribution in [0.25, 0.3) is 16.9 Å². The van der Waals surface area contributed by atoms with Gasteiger partial charge in [0.25, 0.3) is 0 Å². The largest absolute Gasteiger partial charge is 0.466 e. The van der Waals surface area contributed by atoms with Crippen molar-refractivity contribution in [2.75, 3.05) is 19.7 Å². The van der Waals surface area contributed by atoms with E-state index < -0.39 is 0 Å². The van der Waals surface area contributed by atoms with Gasteiger partial charge in [-0.3, -0.25) is 9.59 Å². The number of amides is 1. The van der Waals surface area contributed by atoms with Gasteiger partial charge >= 0.3 is 5.97 Å². The van der Waals surface area contributed by atoms with Gasteiger partial charge in [0, 0.05) is 42.5 Å². The van der Waals surface area contributed by atoms with Crippen molar-refractivity contribution in [2.24, 2.45) is 5.92 Å². The fourth-order valence-electron chi connectivity index (χ4n) is 4.52. The van der Waals surface area contributed by atoms with Gasteiger partial charge in [0.1, 0.15) is 5.82 Å². The first kappa shape index (κ1) is 22.9. The lowest BCUT2D eigenvalue weighted by atomic mass is 9.97. The summed E-state index contributed by atoms with van der Waals surface area (Å²) in [6.45, 7) is 7.12. The topological polar surface area (TPSA) is 76.8 Å². The minimum absolute atomic E-state index is 0.0313. The lowest BCUT2D eigenvalue weighted by Gasteiger charge is -2.31. The van der Waals surface area contributed by atoms with Crippen LogP contribution in [0.1, 0.15) is 43.1 Å². The number of fused-ring (bicyclic) bond motifs is 1. The van der Waals surface area contributed by atoms with Gasteiger partial charge in [-0.2, -0.15) is 5.10 Å². The number of halogens is 1. The van der Waals surface area contributed by atoms with Gasteiger partial charge in [0.05, 0.1) is 18.2 Å². The van der Waals surface area contributed by atoms with Crippen LogP contribution in [0.15, 0.2) is 30.3 Å². The summed E-state index contributed by atoms with van der Waals surface area (Å²) in [7, 11) is 0. The normalized spacial score (nSPS) is 16.2. The minimum atomic E-state index is -0.312. The van der Waals surface area contributed by atoms with Crippen LogP contribution in [-0.4, -0.2) is 51.1 Å². The third-order valence-electron chi connectivity index (χ3n) is 6.27. The van der Waals surface area contributed by atoms with Gasteiger partial charge in [-0.05, 0) is 57.7 Å². The fraction of sp³-hybridized carbons (Fsp3) is 0.440. The van der Waals surface area contributed by atoms with Gasteiger partial charge in [0.15, 0.2) is 5.65 Å². The molecule has 1 unspecified atom stereocenters. The number of rotatable bonds is 6. The molecule has 1 aliphatic rings. The number of carbonyl (C=O) groups excluding carboxylic acids is 2. The summed E-state index contributed by atoms with van der Waals surface area (Å²) in [5, 5.41) is 4.63. The van der Waals surface area contributed by atoms with Crippen LogP contribution >= 0.6 is 0 Å². The Kier molecular flexibility index (Phi) is 6.72. The van der Waals surface area contributed by atoms with E-state index in [9.17, 15) is 14.0 Å². The van der Waals surface area contributed by atoms with Crippen LogP contribution in [0.2, 0.25) is 0 Å². The van der Waals surface area contributed by atoms with Gasteiger partial charge in [-0.1, -0.05) is 12.1 Å². The second kappa shape index (κ2) is 9.68. The van der Waals surface area contributed by atoms with Crippen LogP contribution in [0, 0.1) is 25.6 Å². The molecule has 8 heteroatoms. The Balaban J connectivity index is 1.49. The fourth-order valence-corrected chi connectivity index (χ4v) is 4.52. The lowest BCUT2D eigenvalue weighted by Crippen LogP contribution is -2.42. The van der Waals surface area contributed by atoms with Gasteiger partial charge in [0.2, 0.25) is 5.91 Å². The Morgan fingerprint density at radius 2 is 2.06 bits per heavy atom. The van der Waals surface area contributed by atoms with Gasteiger partial charge in [-0.15, -0.1) is 0 Å². The molecule has 1 saturated heterocycles. The zero-order valence-corrected chi connectivity index (χ0v) is 19.3. The molecule has 0 aliphatic carbocycles. The molecule has 174 valence electrons. The first-order chi connectivity index (χ1) is 15.9. The summed E-state index contributed by atoms with van der Waals surface area (Å²) >= 11 is 0. The number of hydrogen-bond donors (Lipinski definition) is 0. The summed E-state index contributed by atoms with van der Waals surface area (Å²) in [4.78, 5) is 31.4. The van der Waals surface area contributed by atoms with Crippen molar-refractivity contribution in [3.63, 3.8) is 0 Å². The number of nitrogens with zero attached hydrogens (tertiary/aromatic N) is 4. The van der Waals surface area contributed by atoms with Gasteiger partial charge in [-0.25, -0.2) is 13.9 Å². The number of esters is 1. The van der Waals surface area contributed by atoms with E-state index in [1.54, 1.807) is 22.4 Å². The lowest BCUT2D eigenvalue weighted by molar-refractivity contribution is -0.151. The van der Waals surface area contributed by atoms with E-state index in [0.717, 1.165) is 29.8 Å².